The highest BCUT2D eigenvalue weighted by Gasteiger charge is 2.36. The Morgan fingerprint density at radius 2 is 2.11 bits per heavy atom. The summed E-state index contributed by atoms with van der Waals surface area (Å²) in [6, 6.07) is 5.39. The van der Waals surface area contributed by atoms with Gasteiger partial charge in [-0.3, -0.25) is 4.90 Å². The zero-order chi connectivity index (χ0) is 12.5. The summed E-state index contributed by atoms with van der Waals surface area (Å²) in [5, 5.41) is 3.39. The molecule has 0 radical (unpaired) electrons. The molecule has 1 aromatic rings. The minimum Gasteiger partial charge on any atom is -0.308 e. The number of hydrogen-bond donors (Lipinski definition) is 1. The van der Waals surface area contributed by atoms with Crippen LogP contribution in [0.2, 0.25) is 0 Å². The van der Waals surface area contributed by atoms with E-state index >= 15 is 0 Å². The van der Waals surface area contributed by atoms with E-state index in [1.807, 2.05) is 0 Å². The summed E-state index contributed by atoms with van der Waals surface area (Å²) in [6.45, 7) is 2.74. The van der Waals surface area contributed by atoms with Crippen LogP contribution in [-0.4, -0.2) is 30.1 Å². The van der Waals surface area contributed by atoms with Gasteiger partial charge in [0.1, 0.15) is 0 Å². The number of nitrogens with one attached hydrogen (secondary N) is 1. The predicted molar refractivity (Wildman–Crippen MR) is 66.2 cm³/mol. The van der Waals surface area contributed by atoms with Gasteiger partial charge in [0.2, 0.25) is 0 Å². The summed E-state index contributed by atoms with van der Waals surface area (Å²) in [7, 11) is 0. The zero-order valence-electron chi connectivity index (χ0n) is 10.3. The maximum Gasteiger partial charge on any atom is 0.163 e. The first-order chi connectivity index (χ1) is 8.75. The van der Waals surface area contributed by atoms with E-state index in [4.69, 9.17) is 0 Å². The molecule has 2 atom stereocenters. The summed E-state index contributed by atoms with van der Waals surface area (Å²) in [5.41, 5.74) is 0.423. The normalized spacial score (nSPS) is 27.7. The van der Waals surface area contributed by atoms with Gasteiger partial charge in [0.15, 0.2) is 11.6 Å². The molecule has 0 saturated carbocycles. The van der Waals surface area contributed by atoms with Gasteiger partial charge in [0.25, 0.3) is 0 Å². The van der Waals surface area contributed by atoms with Crippen LogP contribution in [0.1, 0.15) is 24.8 Å². The van der Waals surface area contributed by atoms with E-state index in [0.29, 0.717) is 24.2 Å². The average molecular weight is 252 g/mol. The Morgan fingerprint density at radius 3 is 3.00 bits per heavy atom. The second-order valence-electron chi connectivity index (χ2n) is 5.23. The average Bonchev–Trinajstić information content (AvgIpc) is 2.94. The zero-order valence-corrected chi connectivity index (χ0v) is 10.3. The molecule has 2 unspecified atom stereocenters. The fraction of sp³-hybridized carbons (Fsp3) is 0.571. The molecular formula is C14H18F2N2. The molecule has 0 bridgehead atoms. The van der Waals surface area contributed by atoms with Crippen LogP contribution in [-0.2, 0) is 6.54 Å². The number of fused-ring (bicyclic) bond motifs is 1. The quantitative estimate of drug-likeness (QED) is 0.888. The van der Waals surface area contributed by atoms with E-state index in [0.717, 1.165) is 19.0 Å². The van der Waals surface area contributed by atoms with Crippen molar-refractivity contribution in [3.63, 3.8) is 0 Å². The lowest BCUT2D eigenvalue weighted by Gasteiger charge is -2.21. The van der Waals surface area contributed by atoms with Gasteiger partial charge in [0.05, 0.1) is 0 Å². The van der Waals surface area contributed by atoms with Gasteiger partial charge >= 0.3 is 0 Å². The fourth-order valence-electron chi connectivity index (χ4n) is 3.25. The summed E-state index contributed by atoms with van der Waals surface area (Å²) in [6.07, 6.45) is 3.60. The van der Waals surface area contributed by atoms with Crippen LogP contribution in [0.4, 0.5) is 8.78 Å². The first kappa shape index (κ1) is 12.1. The fourth-order valence-corrected chi connectivity index (χ4v) is 3.25. The Balaban J connectivity index is 1.63. The highest BCUT2D eigenvalue weighted by Crippen LogP contribution is 2.28. The molecule has 0 amide bonds. The lowest BCUT2D eigenvalue weighted by atomic mass is 10.1. The number of nitrogens with zero attached hydrogens (tertiary/aromatic N) is 1. The largest absolute Gasteiger partial charge is 0.308 e. The Morgan fingerprint density at radius 1 is 1.22 bits per heavy atom. The van der Waals surface area contributed by atoms with Crippen LogP contribution in [0.5, 0.6) is 0 Å². The summed E-state index contributed by atoms with van der Waals surface area (Å²) in [4.78, 5) is 2.50. The van der Waals surface area contributed by atoms with Crippen molar-refractivity contribution in [3.8, 4) is 0 Å². The van der Waals surface area contributed by atoms with Crippen molar-refractivity contribution in [2.75, 3.05) is 13.1 Å². The standard InChI is InChI=1S/C14H18F2N2/c15-11-4-1-3-10(14(11)16)9-17-12-6-8-18-7-2-5-13(12)18/h1,3-4,12-13,17H,2,5-9H2. The van der Waals surface area contributed by atoms with Crippen molar-refractivity contribution >= 4 is 0 Å². The van der Waals surface area contributed by atoms with Gasteiger partial charge in [-0.15, -0.1) is 0 Å². The minimum absolute atomic E-state index is 0.415. The Bertz CT molecular complexity index is 436. The first-order valence-electron chi connectivity index (χ1n) is 6.66. The molecule has 2 aliphatic rings. The highest BCUT2D eigenvalue weighted by atomic mass is 19.2. The van der Waals surface area contributed by atoms with Crippen LogP contribution in [0.3, 0.4) is 0 Å². The van der Waals surface area contributed by atoms with Crippen molar-refractivity contribution in [1.29, 1.82) is 0 Å². The molecule has 0 aliphatic carbocycles. The Hall–Kier alpha value is -1.00. The van der Waals surface area contributed by atoms with Crippen molar-refractivity contribution in [2.45, 2.75) is 37.9 Å². The van der Waals surface area contributed by atoms with Gasteiger partial charge in [0, 0.05) is 30.7 Å². The maximum absolute atomic E-state index is 13.5. The minimum atomic E-state index is -0.761. The van der Waals surface area contributed by atoms with Gasteiger partial charge in [-0.2, -0.15) is 0 Å². The molecule has 2 saturated heterocycles. The molecule has 98 valence electrons. The van der Waals surface area contributed by atoms with E-state index in [1.165, 1.54) is 19.4 Å². The molecule has 18 heavy (non-hydrogen) atoms. The first-order valence-corrected chi connectivity index (χ1v) is 6.66. The van der Waals surface area contributed by atoms with Crippen LogP contribution < -0.4 is 5.32 Å². The molecule has 1 N–H and O–H groups in total. The molecule has 0 spiro atoms. The number of benzene rings is 1. The molecule has 2 heterocycles. The predicted octanol–water partition coefficient (Wildman–Crippen LogP) is 2.29. The van der Waals surface area contributed by atoms with Crippen LogP contribution in [0.25, 0.3) is 0 Å². The van der Waals surface area contributed by atoms with Crippen molar-refractivity contribution in [1.82, 2.24) is 10.2 Å². The Kier molecular flexibility index (Phi) is 3.31. The van der Waals surface area contributed by atoms with Gasteiger partial charge < -0.3 is 5.32 Å². The third-order valence-electron chi connectivity index (χ3n) is 4.19. The smallest absolute Gasteiger partial charge is 0.163 e. The van der Waals surface area contributed by atoms with Crippen molar-refractivity contribution in [2.24, 2.45) is 0 Å². The van der Waals surface area contributed by atoms with E-state index in [9.17, 15) is 8.78 Å². The number of halogens is 2. The second-order valence-corrected chi connectivity index (χ2v) is 5.23. The van der Waals surface area contributed by atoms with Gasteiger partial charge in [-0.1, -0.05) is 12.1 Å². The van der Waals surface area contributed by atoms with E-state index in [-0.39, 0.29) is 0 Å². The summed E-state index contributed by atoms with van der Waals surface area (Å²) >= 11 is 0. The van der Waals surface area contributed by atoms with Crippen LogP contribution in [0.15, 0.2) is 18.2 Å². The molecular weight excluding hydrogens is 234 g/mol. The van der Waals surface area contributed by atoms with Gasteiger partial charge in [-0.05, 0) is 31.9 Å². The van der Waals surface area contributed by atoms with Gasteiger partial charge in [-0.25, -0.2) is 8.78 Å². The molecule has 2 nitrogen and oxygen atoms in total. The summed E-state index contributed by atoms with van der Waals surface area (Å²) in [5.74, 6) is -1.48. The second kappa shape index (κ2) is 4.94. The monoisotopic (exact) mass is 252 g/mol. The summed E-state index contributed by atoms with van der Waals surface area (Å²) < 4.78 is 26.6. The molecule has 3 rings (SSSR count). The third kappa shape index (κ3) is 2.15. The number of hydrogen-bond acceptors (Lipinski definition) is 2. The van der Waals surface area contributed by atoms with E-state index < -0.39 is 11.6 Å². The molecule has 1 aromatic carbocycles. The number of rotatable bonds is 3. The molecule has 0 aromatic heterocycles. The lowest BCUT2D eigenvalue weighted by Crippen LogP contribution is -2.38. The molecule has 4 heteroatoms. The maximum atomic E-state index is 13.5. The lowest BCUT2D eigenvalue weighted by molar-refractivity contribution is 0.298. The Labute approximate surface area is 106 Å². The van der Waals surface area contributed by atoms with Crippen molar-refractivity contribution < 1.29 is 8.78 Å². The van der Waals surface area contributed by atoms with E-state index in [1.54, 1.807) is 12.1 Å². The van der Waals surface area contributed by atoms with E-state index in [2.05, 4.69) is 10.2 Å². The molecule has 2 aliphatic heterocycles. The topological polar surface area (TPSA) is 15.3 Å². The third-order valence-corrected chi connectivity index (χ3v) is 4.19. The molecule has 2 fully saturated rings. The van der Waals surface area contributed by atoms with Crippen LogP contribution in [0, 0.1) is 11.6 Å². The SMILES string of the molecule is Fc1cccc(CNC2CCN3CCCC23)c1F. The van der Waals surface area contributed by atoms with Crippen molar-refractivity contribution in [3.05, 3.63) is 35.4 Å². The van der Waals surface area contributed by atoms with Crippen LogP contribution >= 0.6 is 0 Å². The highest BCUT2D eigenvalue weighted by molar-refractivity contribution is 5.19.